The molecule has 1 aromatic rings. The second-order valence-electron chi connectivity index (χ2n) is 4.01. The molecule has 4 N–H and O–H groups in total. The zero-order valence-corrected chi connectivity index (χ0v) is 11.0. The lowest BCUT2D eigenvalue weighted by Gasteiger charge is -2.06. The molecule has 7 nitrogen and oxygen atoms in total. The summed E-state index contributed by atoms with van der Waals surface area (Å²) in [6, 6.07) is 0.363. The monoisotopic (exact) mass is 313 g/mol. The molecular weight excluding hydrogens is 303 g/mol. The maximum Gasteiger partial charge on any atom is 0.244 e. The molecule has 1 rings (SSSR count). The van der Waals surface area contributed by atoms with Crippen molar-refractivity contribution in [2.45, 2.75) is 6.42 Å². The van der Waals surface area contributed by atoms with Gasteiger partial charge in [-0.3, -0.25) is 9.59 Å². The van der Waals surface area contributed by atoms with Crippen LogP contribution in [0.3, 0.4) is 0 Å². The lowest BCUT2D eigenvalue weighted by atomic mass is 10.0. The highest BCUT2D eigenvalue weighted by Crippen LogP contribution is 2.27. The average molecular weight is 313 g/mol. The number of nitrogens with zero attached hydrogens (tertiary/aromatic N) is 3. The fraction of sp³-hybridized carbons (Fsp3) is 0.167. The van der Waals surface area contributed by atoms with Gasteiger partial charge < -0.3 is 11.5 Å². The highest BCUT2D eigenvalue weighted by atomic mass is 19.2. The molecule has 0 aliphatic heterocycles. The van der Waals surface area contributed by atoms with Crippen molar-refractivity contribution in [2.24, 2.45) is 16.6 Å². The largest absolute Gasteiger partial charge is 0.366 e. The van der Waals surface area contributed by atoms with Gasteiger partial charge in [-0.1, -0.05) is 5.11 Å². The first kappa shape index (κ1) is 17.2. The molecule has 0 bridgehead atoms. The number of hydrogen-bond acceptors (Lipinski definition) is 4. The number of hydrogen-bond donors (Lipinski definition) is 2. The second-order valence-corrected chi connectivity index (χ2v) is 4.01. The molecule has 10 heteroatoms. The number of rotatable bonds is 6. The van der Waals surface area contributed by atoms with Crippen LogP contribution in [0.2, 0.25) is 0 Å². The number of halogens is 3. The summed E-state index contributed by atoms with van der Waals surface area (Å²) in [6.07, 6.45) is 0.587. The Bertz CT molecular complexity index is 711. The van der Waals surface area contributed by atoms with E-state index in [1.807, 2.05) is 0 Å². The van der Waals surface area contributed by atoms with Gasteiger partial charge in [-0.25, -0.2) is 13.2 Å². The predicted molar refractivity (Wildman–Crippen MR) is 70.4 cm³/mol. The first-order chi connectivity index (χ1) is 10.3. The molecule has 0 spiro atoms. The van der Waals surface area contributed by atoms with Crippen LogP contribution in [0.4, 0.5) is 18.9 Å². The molecule has 1 amide bonds. The predicted octanol–water partition coefficient (Wildman–Crippen LogP) is 1.99. The molecule has 0 aromatic heterocycles. The van der Waals surface area contributed by atoms with Gasteiger partial charge in [0.25, 0.3) is 0 Å². The third kappa shape index (κ3) is 3.62. The third-order valence-electron chi connectivity index (χ3n) is 2.58. The fourth-order valence-electron chi connectivity index (χ4n) is 1.56. The van der Waals surface area contributed by atoms with Crippen LogP contribution in [-0.4, -0.2) is 18.2 Å². The highest BCUT2D eigenvalue weighted by Gasteiger charge is 2.22. The van der Waals surface area contributed by atoms with Crippen molar-refractivity contribution in [3.05, 3.63) is 51.2 Å². The molecule has 0 aliphatic carbocycles. The quantitative estimate of drug-likeness (QED) is 0.207. The van der Waals surface area contributed by atoms with Crippen LogP contribution in [0.5, 0.6) is 0 Å². The highest BCUT2D eigenvalue weighted by molar-refractivity contribution is 6.09. The Kier molecular flexibility index (Phi) is 5.67. The Hall–Kier alpha value is -2.84. The van der Waals surface area contributed by atoms with Gasteiger partial charge in [0, 0.05) is 10.5 Å². The van der Waals surface area contributed by atoms with E-state index in [2.05, 4.69) is 10.0 Å². The summed E-state index contributed by atoms with van der Waals surface area (Å²) in [5.41, 5.74) is 16.0. The summed E-state index contributed by atoms with van der Waals surface area (Å²) < 4.78 is 40.8. The Morgan fingerprint density at radius 2 is 1.95 bits per heavy atom. The van der Waals surface area contributed by atoms with Gasteiger partial charge in [0.1, 0.15) is 11.5 Å². The van der Waals surface area contributed by atoms with Crippen molar-refractivity contribution < 1.29 is 22.8 Å². The van der Waals surface area contributed by atoms with Crippen molar-refractivity contribution >= 4 is 17.4 Å². The van der Waals surface area contributed by atoms with E-state index in [1.165, 1.54) is 0 Å². The molecule has 22 heavy (non-hydrogen) atoms. The molecule has 0 aliphatic rings. The Balaban J connectivity index is 3.39. The molecule has 0 atom stereocenters. The van der Waals surface area contributed by atoms with Gasteiger partial charge in [-0.15, -0.1) is 0 Å². The van der Waals surface area contributed by atoms with Gasteiger partial charge in [0.15, 0.2) is 17.4 Å². The van der Waals surface area contributed by atoms with Gasteiger partial charge in [-0.05, 0) is 30.6 Å². The lowest BCUT2D eigenvalue weighted by molar-refractivity contribution is -0.114. The number of ketones is 1. The molecule has 0 radical (unpaired) electrons. The Morgan fingerprint density at radius 3 is 2.45 bits per heavy atom. The van der Waals surface area contributed by atoms with Crippen LogP contribution < -0.4 is 11.5 Å². The molecule has 0 heterocycles. The van der Waals surface area contributed by atoms with E-state index >= 15 is 0 Å². The van der Waals surface area contributed by atoms with Crippen LogP contribution in [0, 0.1) is 17.5 Å². The van der Waals surface area contributed by atoms with Gasteiger partial charge in [0.05, 0.1) is 5.56 Å². The number of carbonyl (C=O) groups excluding carboxylic acids is 2. The van der Waals surface area contributed by atoms with E-state index in [0.717, 1.165) is 0 Å². The molecule has 1 aromatic carbocycles. The minimum absolute atomic E-state index is 0.0108. The zero-order chi connectivity index (χ0) is 16.9. The molecule has 0 fully saturated rings. The molecule has 116 valence electrons. The summed E-state index contributed by atoms with van der Waals surface area (Å²) in [5.74, 6) is -7.08. The summed E-state index contributed by atoms with van der Waals surface area (Å²) in [5, 5.41) is 2.66. The number of amides is 1. The maximum atomic E-state index is 13.7. The van der Waals surface area contributed by atoms with Gasteiger partial charge in [0.2, 0.25) is 5.91 Å². The van der Waals surface area contributed by atoms with E-state index in [0.29, 0.717) is 12.1 Å². The topological polar surface area (TPSA) is 135 Å². The summed E-state index contributed by atoms with van der Waals surface area (Å²) in [7, 11) is 0. The number of nitrogens with two attached hydrogens (primary N) is 2. The van der Waals surface area contributed by atoms with Crippen molar-refractivity contribution in [3.63, 3.8) is 0 Å². The van der Waals surface area contributed by atoms with Crippen molar-refractivity contribution in [1.29, 1.82) is 0 Å². The first-order valence-corrected chi connectivity index (χ1v) is 5.80. The number of allylic oxidation sites excluding steroid dienone is 1. The summed E-state index contributed by atoms with van der Waals surface area (Å²) in [6.45, 7) is -0.0108. The first-order valence-electron chi connectivity index (χ1n) is 5.80. The maximum absolute atomic E-state index is 13.7. The molecular formula is C12H10F3N5O2. The van der Waals surface area contributed by atoms with Crippen LogP contribution in [0.1, 0.15) is 16.8 Å². The smallest absolute Gasteiger partial charge is 0.244 e. The van der Waals surface area contributed by atoms with Gasteiger partial charge >= 0.3 is 0 Å². The Labute approximate surface area is 122 Å². The van der Waals surface area contributed by atoms with Crippen molar-refractivity contribution in [2.75, 3.05) is 6.54 Å². The van der Waals surface area contributed by atoms with E-state index in [1.54, 1.807) is 0 Å². The minimum Gasteiger partial charge on any atom is -0.366 e. The van der Waals surface area contributed by atoms with Crippen LogP contribution in [0.25, 0.3) is 10.4 Å². The lowest BCUT2D eigenvalue weighted by Crippen LogP contribution is -2.18. The standard InChI is InChI=1S/C12H10F3N5O2/c13-7-4-6(9(14)10(15)11(7)19-20-18)8(21)3-5(1-2-16)12(17)22/h3-4H,1-2,16H2,(H2,17,22). The van der Waals surface area contributed by atoms with Crippen LogP contribution >= 0.6 is 0 Å². The van der Waals surface area contributed by atoms with E-state index < -0.39 is 40.4 Å². The van der Waals surface area contributed by atoms with E-state index in [4.69, 9.17) is 17.0 Å². The van der Waals surface area contributed by atoms with E-state index in [9.17, 15) is 22.8 Å². The SMILES string of the molecule is [N-]=[N+]=Nc1c(F)cc(C(=O)C=C(CCN)C(N)=O)c(F)c1F. The van der Waals surface area contributed by atoms with E-state index in [-0.39, 0.29) is 18.5 Å². The van der Waals surface area contributed by atoms with Crippen molar-refractivity contribution in [3.8, 4) is 0 Å². The zero-order valence-electron chi connectivity index (χ0n) is 11.0. The second kappa shape index (κ2) is 7.25. The van der Waals surface area contributed by atoms with Crippen LogP contribution in [-0.2, 0) is 4.79 Å². The molecule has 0 saturated heterocycles. The molecule has 0 saturated carbocycles. The Morgan fingerprint density at radius 1 is 1.32 bits per heavy atom. The number of primary amides is 1. The van der Waals surface area contributed by atoms with Crippen molar-refractivity contribution in [1.82, 2.24) is 0 Å². The molecule has 0 unspecified atom stereocenters. The number of azide groups is 1. The normalized spacial score (nSPS) is 11.0. The number of benzene rings is 1. The fourth-order valence-corrected chi connectivity index (χ4v) is 1.56. The summed E-state index contributed by atoms with van der Waals surface area (Å²) >= 11 is 0. The average Bonchev–Trinajstić information content (AvgIpc) is 2.46. The number of carbonyl (C=O) groups is 2. The van der Waals surface area contributed by atoms with Crippen LogP contribution in [0.15, 0.2) is 22.8 Å². The minimum atomic E-state index is -1.81. The van der Waals surface area contributed by atoms with Gasteiger partial charge in [-0.2, -0.15) is 0 Å². The third-order valence-corrected chi connectivity index (χ3v) is 2.58. The summed E-state index contributed by atoms with van der Waals surface area (Å²) in [4.78, 5) is 25.0.